The van der Waals surface area contributed by atoms with Gasteiger partial charge >= 0.3 is 0 Å². The lowest BCUT2D eigenvalue weighted by Gasteiger charge is -2.13. The van der Waals surface area contributed by atoms with Gasteiger partial charge in [0.15, 0.2) is 0 Å². The number of thioether (sulfide) groups is 1. The summed E-state index contributed by atoms with van der Waals surface area (Å²) in [4.78, 5) is 39.9. The lowest BCUT2D eigenvalue weighted by atomic mass is 10.1. The maximum absolute atomic E-state index is 13.5. The molecule has 0 saturated carbocycles. The molecular formula is C37H30BrN3O4S. The van der Waals surface area contributed by atoms with Crippen LogP contribution in [-0.2, 0) is 16.2 Å². The summed E-state index contributed by atoms with van der Waals surface area (Å²) in [5, 5.41) is 8.52. The second kappa shape index (κ2) is 16.3. The van der Waals surface area contributed by atoms with Crippen LogP contribution >= 0.6 is 27.7 Å². The molecule has 0 radical (unpaired) electrons. The quantitative estimate of drug-likeness (QED) is 0.0906. The highest BCUT2D eigenvalue weighted by Crippen LogP contribution is 2.25. The van der Waals surface area contributed by atoms with Crippen molar-refractivity contribution >= 4 is 62.9 Å². The SMILES string of the molecule is O=C(CSc1cccc(NC(=O)/C(=C/c2ccc(OCc3ccccc3)cc2)NC(=O)c2ccccc2)c1)Nc1ccccc1Br. The van der Waals surface area contributed by atoms with Crippen molar-refractivity contribution in [3.8, 4) is 5.75 Å². The Hall–Kier alpha value is -5.12. The molecule has 0 bridgehead atoms. The lowest BCUT2D eigenvalue weighted by Crippen LogP contribution is -2.30. The first-order valence-electron chi connectivity index (χ1n) is 14.4. The van der Waals surface area contributed by atoms with Crippen molar-refractivity contribution in [1.29, 1.82) is 0 Å². The number of carbonyl (C=O) groups excluding carboxylic acids is 3. The Morgan fingerprint density at radius 2 is 1.43 bits per heavy atom. The Labute approximate surface area is 280 Å². The smallest absolute Gasteiger partial charge is 0.272 e. The monoisotopic (exact) mass is 691 g/mol. The van der Waals surface area contributed by atoms with E-state index >= 15 is 0 Å². The van der Waals surface area contributed by atoms with Gasteiger partial charge in [0.1, 0.15) is 18.1 Å². The number of ether oxygens (including phenoxy) is 1. The fourth-order valence-corrected chi connectivity index (χ4v) is 5.41. The second-order valence-electron chi connectivity index (χ2n) is 10.0. The molecular weight excluding hydrogens is 662 g/mol. The van der Waals surface area contributed by atoms with E-state index in [4.69, 9.17) is 4.74 Å². The molecule has 0 aromatic heterocycles. The minimum absolute atomic E-state index is 0.0673. The predicted molar refractivity (Wildman–Crippen MR) is 188 cm³/mol. The molecule has 5 rings (SSSR count). The number of amides is 3. The molecule has 5 aromatic carbocycles. The number of carbonyl (C=O) groups is 3. The van der Waals surface area contributed by atoms with Crippen LogP contribution in [0.2, 0.25) is 0 Å². The molecule has 9 heteroatoms. The van der Waals surface area contributed by atoms with Gasteiger partial charge in [-0.25, -0.2) is 0 Å². The Kier molecular flexibility index (Phi) is 11.4. The van der Waals surface area contributed by atoms with E-state index in [9.17, 15) is 14.4 Å². The van der Waals surface area contributed by atoms with Crippen LogP contribution in [0.4, 0.5) is 11.4 Å². The Morgan fingerprint density at radius 3 is 2.17 bits per heavy atom. The molecule has 46 heavy (non-hydrogen) atoms. The first kappa shape index (κ1) is 32.3. The fraction of sp³-hybridized carbons (Fsp3) is 0.0541. The summed E-state index contributed by atoms with van der Waals surface area (Å²) in [5.41, 5.74) is 3.46. The number of hydrogen-bond donors (Lipinski definition) is 3. The van der Waals surface area contributed by atoms with Crippen LogP contribution in [0.3, 0.4) is 0 Å². The standard InChI is InChI=1S/C37H30BrN3O4S/c38-32-16-7-8-17-33(32)40-35(42)25-46-31-15-9-14-29(23-31)39-37(44)34(41-36(43)28-12-5-2-6-13-28)22-26-18-20-30(21-19-26)45-24-27-10-3-1-4-11-27/h1-23H,24-25H2,(H,39,44)(H,40,42)(H,41,43)/b34-22-. The Balaban J connectivity index is 1.27. The highest BCUT2D eigenvalue weighted by molar-refractivity contribution is 9.10. The van der Waals surface area contributed by atoms with Gasteiger partial charge in [0.25, 0.3) is 11.8 Å². The highest BCUT2D eigenvalue weighted by Gasteiger charge is 2.16. The summed E-state index contributed by atoms with van der Waals surface area (Å²) < 4.78 is 6.68. The third kappa shape index (κ3) is 9.69. The van der Waals surface area contributed by atoms with Gasteiger partial charge in [0, 0.05) is 20.6 Å². The average molecular weight is 693 g/mol. The zero-order valence-electron chi connectivity index (χ0n) is 24.6. The average Bonchev–Trinajstić information content (AvgIpc) is 3.09. The van der Waals surface area contributed by atoms with Crippen LogP contribution in [0.25, 0.3) is 6.08 Å². The number of para-hydroxylation sites is 1. The van der Waals surface area contributed by atoms with Crippen LogP contribution in [0.15, 0.2) is 149 Å². The van der Waals surface area contributed by atoms with Gasteiger partial charge in [-0.1, -0.05) is 78.9 Å². The molecule has 0 heterocycles. The number of halogens is 1. The molecule has 0 aliphatic carbocycles. The Bertz CT molecular complexity index is 1830. The number of rotatable bonds is 12. The second-order valence-corrected chi connectivity index (χ2v) is 11.9. The largest absolute Gasteiger partial charge is 0.489 e. The van der Waals surface area contributed by atoms with Gasteiger partial charge in [0.2, 0.25) is 5.91 Å². The van der Waals surface area contributed by atoms with Crippen LogP contribution in [0.5, 0.6) is 5.75 Å². The van der Waals surface area contributed by atoms with E-state index in [0.29, 0.717) is 34.9 Å². The zero-order chi connectivity index (χ0) is 32.1. The minimum Gasteiger partial charge on any atom is -0.489 e. The van der Waals surface area contributed by atoms with Crippen molar-refractivity contribution in [3.05, 3.63) is 160 Å². The summed E-state index contributed by atoms with van der Waals surface area (Å²) in [6.07, 6.45) is 1.61. The normalized spacial score (nSPS) is 10.9. The molecule has 0 aliphatic rings. The first-order valence-corrected chi connectivity index (χ1v) is 16.1. The number of hydrogen-bond acceptors (Lipinski definition) is 5. The van der Waals surface area contributed by atoms with E-state index in [-0.39, 0.29) is 17.4 Å². The topological polar surface area (TPSA) is 96.5 Å². The van der Waals surface area contributed by atoms with Gasteiger partial charge in [-0.2, -0.15) is 0 Å². The first-order chi connectivity index (χ1) is 22.4. The van der Waals surface area contributed by atoms with Gasteiger partial charge in [-0.15, -0.1) is 11.8 Å². The molecule has 0 aliphatic heterocycles. The molecule has 3 N–H and O–H groups in total. The van der Waals surface area contributed by atoms with E-state index in [2.05, 4.69) is 31.9 Å². The van der Waals surface area contributed by atoms with E-state index in [1.807, 2.05) is 91.0 Å². The van der Waals surface area contributed by atoms with E-state index in [1.54, 1.807) is 48.5 Å². The molecule has 230 valence electrons. The molecule has 0 unspecified atom stereocenters. The van der Waals surface area contributed by atoms with E-state index < -0.39 is 11.8 Å². The van der Waals surface area contributed by atoms with Crippen LogP contribution in [0, 0.1) is 0 Å². The highest BCUT2D eigenvalue weighted by atomic mass is 79.9. The van der Waals surface area contributed by atoms with Crippen LogP contribution in [0.1, 0.15) is 21.5 Å². The fourth-order valence-electron chi connectivity index (χ4n) is 4.27. The minimum atomic E-state index is -0.498. The van der Waals surface area contributed by atoms with Crippen molar-refractivity contribution in [2.45, 2.75) is 11.5 Å². The number of anilines is 2. The third-order valence-electron chi connectivity index (χ3n) is 6.58. The van der Waals surface area contributed by atoms with E-state index in [0.717, 1.165) is 14.9 Å². The van der Waals surface area contributed by atoms with Crippen LogP contribution < -0.4 is 20.7 Å². The molecule has 0 atom stereocenters. The summed E-state index contributed by atoms with van der Waals surface area (Å²) in [5.74, 6) is -0.202. The summed E-state index contributed by atoms with van der Waals surface area (Å²) in [7, 11) is 0. The van der Waals surface area contributed by atoms with Gasteiger partial charge < -0.3 is 20.7 Å². The zero-order valence-corrected chi connectivity index (χ0v) is 27.0. The maximum atomic E-state index is 13.5. The van der Waals surface area contributed by atoms with Crippen molar-refractivity contribution in [1.82, 2.24) is 5.32 Å². The van der Waals surface area contributed by atoms with Crippen molar-refractivity contribution in [2.75, 3.05) is 16.4 Å². The number of nitrogens with one attached hydrogen (secondary N) is 3. The van der Waals surface area contributed by atoms with Gasteiger partial charge in [0.05, 0.1) is 11.4 Å². The van der Waals surface area contributed by atoms with Crippen molar-refractivity contribution in [3.63, 3.8) is 0 Å². The summed E-state index contributed by atoms with van der Waals surface area (Å²) in [6.45, 7) is 0.434. The summed E-state index contributed by atoms with van der Waals surface area (Å²) >= 11 is 4.78. The lowest BCUT2D eigenvalue weighted by molar-refractivity contribution is -0.114. The third-order valence-corrected chi connectivity index (χ3v) is 8.26. The van der Waals surface area contributed by atoms with Crippen molar-refractivity contribution < 1.29 is 19.1 Å². The molecule has 5 aromatic rings. The van der Waals surface area contributed by atoms with E-state index in [1.165, 1.54) is 11.8 Å². The molecule has 0 spiro atoms. The molecule has 3 amide bonds. The van der Waals surface area contributed by atoms with Gasteiger partial charge in [-0.05, 0) is 87.7 Å². The predicted octanol–water partition coefficient (Wildman–Crippen LogP) is 8.17. The van der Waals surface area contributed by atoms with Crippen LogP contribution in [-0.4, -0.2) is 23.5 Å². The molecule has 0 saturated heterocycles. The molecule has 0 fully saturated rings. The van der Waals surface area contributed by atoms with Gasteiger partial charge in [-0.3, -0.25) is 14.4 Å². The number of benzene rings is 5. The maximum Gasteiger partial charge on any atom is 0.272 e. The summed E-state index contributed by atoms with van der Waals surface area (Å²) in [6, 6.07) is 40.4. The van der Waals surface area contributed by atoms with Crippen molar-refractivity contribution in [2.24, 2.45) is 0 Å². The molecule has 7 nitrogen and oxygen atoms in total. The Morgan fingerprint density at radius 1 is 0.739 bits per heavy atom.